The number of aryl methyl sites for hydroxylation is 2. The highest BCUT2D eigenvalue weighted by Crippen LogP contribution is 2.42. The third-order valence-corrected chi connectivity index (χ3v) is 10.2. The number of anilines is 1. The highest BCUT2D eigenvalue weighted by Gasteiger charge is 2.44. The van der Waals surface area contributed by atoms with Crippen LogP contribution in [0, 0.1) is 5.82 Å². The Bertz CT molecular complexity index is 1280. The van der Waals surface area contributed by atoms with Gasteiger partial charge in [0.15, 0.2) is 11.6 Å². The summed E-state index contributed by atoms with van der Waals surface area (Å²) in [4.78, 5) is 22.0. The molecule has 2 aromatic rings. The lowest BCUT2D eigenvalue weighted by atomic mass is 9.75. The van der Waals surface area contributed by atoms with Crippen molar-refractivity contribution in [1.82, 2.24) is 14.8 Å². The zero-order valence-electron chi connectivity index (χ0n) is 26.4. The summed E-state index contributed by atoms with van der Waals surface area (Å²) in [5.74, 6) is -0.399. The minimum absolute atomic E-state index is 0.0259. The van der Waals surface area contributed by atoms with Gasteiger partial charge >= 0.3 is 5.97 Å². The van der Waals surface area contributed by atoms with E-state index in [1.165, 1.54) is 25.2 Å². The zero-order chi connectivity index (χ0) is 30.6. The van der Waals surface area contributed by atoms with Gasteiger partial charge in [-0.3, -0.25) is 14.6 Å². The van der Waals surface area contributed by atoms with Crippen LogP contribution < -0.4 is 10.1 Å². The summed E-state index contributed by atoms with van der Waals surface area (Å²) in [6, 6.07) is 6.80. The van der Waals surface area contributed by atoms with E-state index in [4.69, 9.17) is 14.5 Å². The fourth-order valence-corrected chi connectivity index (χ4v) is 7.10. The molecular weight excluding hydrogens is 547 g/mol. The van der Waals surface area contributed by atoms with Crippen LogP contribution in [0.3, 0.4) is 0 Å². The number of nitrogens with one attached hydrogen (secondary N) is 1. The Morgan fingerprint density at radius 3 is 2.74 bits per heavy atom. The number of carbonyl (C=O) groups is 1. The van der Waals surface area contributed by atoms with Crippen LogP contribution in [0.15, 0.2) is 24.3 Å². The van der Waals surface area contributed by atoms with Crippen molar-refractivity contribution in [3.05, 3.63) is 52.5 Å². The van der Waals surface area contributed by atoms with Gasteiger partial charge in [0.2, 0.25) is 0 Å². The van der Waals surface area contributed by atoms with Crippen molar-refractivity contribution in [2.24, 2.45) is 0 Å². The number of carboxylic acids is 1. The lowest BCUT2D eigenvalue weighted by Crippen LogP contribution is -2.47. The maximum absolute atomic E-state index is 15.4. The van der Waals surface area contributed by atoms with Crippen LogP contribution in [0.4, 0.5) is 10.2 Å². The lowest BCUT2D eigenvalue weighted by Gasteiger charge is -2.37. The largest absolute Gasteiger partial charge is 0.493 e. The molecule has 236 valence electrons. The van der Waals surface area contributed by atoms with E-state index >= 15 is 4.39 Å². The summed E-state index contributed by atoms with van der Waals surface area (Å²) in [5.41, 5.74) is 3.25. The number of benzene rings is 1. The molecule has 2 saturated heterocycles. The van der Waals surface area contributed by atoms with E-state index in [1.807, 2.05) is 11.0 Å². The second-order valence-corrected chi connectivity index (χ2v) is 13.3. The number of carboxylic acid groups (broad SMARTS) is 1. The normalized spacial score (nSPS) is 22.7. The number of hydrogen-bond acceptors (Lipinski definition) is 7. The van der Waals surface area contributed by atoms with Gasteiger partial charge < -0.3 is 19.9 Å². The molecule has 2 atom stereocenters. The van der Waals surface area contributed by atoms with Crippen LogP contribution in [0.1, 0.15) is 87.2 Å². The minimum atomic E-state index is -0.985. The van der Waals surface area contributed by atoms with Gasteiger partial charge in [-0.05, 0) is 107 Å². The van der Waals surface area contributed by atoms with Gasteiger partial charge in [-0.25, -0.2) is 9.37 Å². The summed E-state index contributed by atoms with van der Waals surface area (Å²) >= 11 is 0. The zero-order valence-corrected chi connectivity index (χ0v) is 26.4. The molecule has 0 bridgehead atoms. The fourth-order valence-electron chi connectivity index (χ4n) is 7.10. The number of pyridine rings is 1. The molecule has 0 amide bonds. The number of hydrogen-bond donors (Lipinski definition) is 2. The third-order valence-electron chi connectivity index (χ3n) is 10.2. The van der Waals surface area contributed by atoms with Crippen molar-refractivity contribution >= 4 is 11.8 Å². The first-order valence-corrected chi connectivity index (χ1v) is 16.0. The van der Waals surface area contributed by atoms with Crippen molar-refractivity contribution < 1.29 is 23.8 Å². The Morgan fingerprint density at radius 2 is 2.00 bits per heavy atom. The number of halogens is 1. The van der Waals surface area contributed by atoms with Crippen LogP contribution in [-0.2, 0) is 27.8 Å². The highest BCUT2D eigenvalue weighted by atomic mass is 19.1. The maximum atomic E-state index is 15.4. The Hall–Kier alpha value is -2.75. The van der Waals surface area contributed by atoms with Crippen molar-refractivity contribution in [2.75, 3.05) is 58.9 Å². The number of likely N-dealkylation sites (tertiary alicyclic amines) is 1. The Kier molecular flexibility index (Phi) is 9.93. The van der Waals surface area contributed by atoms with Crippen molar-refractivity contribution in [3.63, 3.8) is 0 Å². The highest BCUT2D eigenvalue weighted by molar-refractivity contribution is 5.77. The lowest BCUT2D eigenvalue weighted by molar-refractivity contribution is -0.143. The molecule has 1 aromatic heterocycles. The predicted molar refractivity (Wildman–Crippen MR) is 167 cm³/mol. The molecule has 0 radical (unpaired) electrons. The summed E-state index contributed by atoms with van der Waals surface area (Å²) in [5, 5.41) is 13.9. The summed E-state index contributed by atoms with van der Waals surface area (Å²) in [6.45, 7) is 8.71. The van der Waals surface area contributed by atoms with E-state index in [0.29, 0.717) is 31.9 Å². The summed E-state index contributed by atoms with van der Waals surface area (Å²) in [6.07, 6.45) is 8.92. The molecule has 1 aromatic carbocycles. The van der Waals surface area contributed by atoms with Gasteiger partial charge in [0.05, 0.1) is 7.11 Å². The van der Waals surface area contributed by atoms with Gasteiger partial charge in [-0.15, -0.1) is 0 Å². The number of methoxy groups -OCH3 is 1. The van der Waals surface area contributed by atoms with Crippen molar-refractivity contribution in [2.45, 2.75) is 88.6 Å². The molecule has 43 heavy (non-hydrogen) atoms. The number of nitrogens with zero attached hydrogens (tertiary/aromatic N) is 3. The van der Waals surface area contributed by atoms with E-state index < -0.39 is 17.8 Å². The molecular formula is C34H49FN4O4. The average Bonchev–Trinajstić information content (AvgIpc) is 3.39. The molecule has 8 nitrogen and oxygen atoms in total. The molecule has 0 aliphatic carbocycles. The molecule has 0 spiro atoms. The number of aromatic nitrogens is 1. The standard InChI is InChI=1S/C34H49FN4O4/c1-33(14-19-43-20-15-33)25-21-27(30(42-4)28(35)22-25)29(32(40)41)39-18-13-34(2,23-39)38(3)17-7-5-6-10-26-12-11-24-9-8-16-36-31(24)37-26/h11-12,21-22,29H,5-10,13-20,23H2,1-4H3,(H,36,37)(H,40,41)/t29?,34-/m1/s1. The second-order valence-electron chi connectivity index (χ2n) is 13.3. The number of fused-ring (bicyclic) bond motifs is 1. The van der Waals surface area contributed by atoms with E-state index in [0.717, 1.165) is 81.5 Å². The van der Waals surface area contributed by atoms with Gasteiger partial charge in [0.25, 0.3) is 0 Å². The average molecular weight is 597 g/mol. The van der Waals surface area contributed by atoms with Crippen LogP contribution in [-0.4, -0.2) is 84.9 Å². The smallest absolute Gasteiger partial charge is 0.325 e. The Balaban J connectivity index is 1.21. The molecule has 2 N–H and O–H groups in total. The first kappa shape index (κ1) is 31.7. The number of rotatable bonds is 12. The minimum Gasteiger partial charge on any atom is -0.493 e. The van der Waals surface area contributed by atoms with E-state index in [-0.39, 0.29) is 16.7 Å². The molecule has 9 heteroatoms. The topological polar surface area (TPSA) is 87.2 Å². The molecule has 1 unspecified atom stereocenters. The van der Waals surface area contributed by atoms with Crippen molar-refractivity contribution in [3.8, 4) is 5.75 Å². The van der Waals surface area contributed by atoms with Gasteiger partial charge in [-0.1, -0.05) is 19.4 Å². The van der Waals surface area contributed by atoms with E-state index in [2.05, 4.69) is 43.2 Å². The van der Waals surface area contributed by atoms with Gasteiger partial charge in [0, 0.05) is 49.6 Å². The fraction of sp³-hybridized carbons (Fsp3) is 0.647. The Morgan fingerprint density at radius 1 is 1.21 bits per heavy atom. The van der Waals surface area contributed by atoms with E-state index in [1.54, 1.807) is 0 Å². The SMILES string of the molecule is COc1c(F)cc(C2(C)CCOCC2)cc1C(C(=O)O)N1CC[C@@](C)(N(C)CCCCCc2ccc3c(n2)NCCC3)C1. The molecule has 3 aliphatic heterocycles. The molecule has 2 fully saturated rings. The molecule has 0 saturated carbocycles. The third kappa shape index (κ3) is 6.99. The monoisotopic (exact) mass is 596 g/mol. The summed E-state index contributed by atoms with van der Waals surface area (Å²) < 4.78 is 26.5. The predicted octanol–water partition coefficient (Wildman–Crippen LogP) is 5.59. The summed E-state index contributed by atoms with van der Waals surface area (Å²) in [7, 11) is 3.56. The van der Waals surface area contributed by atoms with Crippen LogP contribution in [0.25, 0.3) is 0 Å². The molecule has 4 heterocycles. The van der Waals surface area contributed by atoms with Crippen LogP contribution >= 0.6 is 0 Å². The molecule has 3 aliphatic rings. The van der Waals surface area contributed by atoms with Crippen LogP contribution in [0.5, 0.6) is 5.75 Å². The quantitative estimate of drug-likeness (QED) is 0.307. The first-order chi connectivity index (χ1) is 20.6. The first-order valence-electron chi connectivity index (χ1n) is 16.0. The second kappa shape index (κ2) is 13.5. The number of ether oxygens (including phenoxy) is 2. The number of aliphatic carboxylic acids is 1. The Labute approximate surface area is 256 Å². The van der Waals surface area contributed by atoms with Crippen LogP contribution in [0.2, 0.25) is 0 Å². The maximum Gasteiger partial charge on any atom is 0.325 e. The van der Waals surface area contributed by atoms with Gasteiger partial charge in [-0.2, -0.15) is 0 Å². The van der Waals surface area contributed by atoms with Gasteiger partial charge in [0.1, 0.15) is 11.9 Å². The number of unbranched alkanes of at least 4 members (excludes halogenated alkanes) is 2. The molecule has 5 rings (SSSR count). The van der Waals surface area contributed by atoms with Crippen molar-refractivity contribution in [1.29, 1.82) is 0 Å². The van der Waals surface area contributed by atoms with E-state index in [9.17, 15) is 9.90 Å². The number of likely N-dealkylation sites (N-methyl/N-ethyl adjacent to an activating group) is 1.